The van der Waals surface area contributed by atoms with Crippen molar-refractivity contribution in [3.63, 3.8) is 0 Å². The minimum absolute atomic E-state index is 0.0259. The molecular formula is C12H18FNO2S. The minimum Gasteiger partial charge on any atom is -0.303 e. The average molecular weight is 259 g/mol. The highest BCUT2D eigenvalue weighted by molar-refractivity contribution is 7.91. The van der Waals surface area contributed by atoms with Gasteiger partial charge in [0.05, 0.1) is 10.6 Å². The van der Waals surface area contributed by atoms with Crippen molar-refractivity contribution in [1.29, 1.82) is 0 Å². The first-order valence-electron chi connectivity index (χ1n) is 5.70. The van der Waals surface area contributed by atoms with E-state index in [0.717, 1.165) is 19.2 Å². The Morgan fingerprint density at radius 3 is 2.41 bits per heavy atom. The van der Waals surface area contributed by atoms with Crippen molar-refractivity contribution in [3.05, 3.63) is 30.1 Å². The third-order valence-corrected chi connectivity index (χ3v) is 4.42. The van der Waals surface area contributed by atoms with Crippen molar-refractivity contribution in [2.24, 2.45) is 0 Å². The molecule has 0 aliphatic heterocycles. The van der Waals surface area contributed by atoms with Crippen LogP contribution in [0.3, 0.4) is 0 Å². The van der Waals surface area contributed by atoms with E-state index in [2.05, 4.69) is 0 Å². The highest BCUT2D eigenvalue weighted by Crippen LogP contribution is 2.12. The first kappa shape index (κ1) is 14.1. The molecule has 0 bridgehead atoms. The van der Waals surface area contributed by atoms with Crippen molar-refractivity contribution in [1.82, 2.24) is 4.90 Å². The lowest BCUT2D eigenvalue weighted by Gasteiger charge is -2.17. The Labute approximate surface area is 102 Å². The first-order valence-corrected chi connectivity index (χ1v) is 7.35. The molecule has 0 unspecified atom stereocenters. The molecular weight excluding hydrogens is 241 g/mol. The fourth-order valence-electron chi connectivity index (χ4n) is 1.57. The molecule has 3 nitrogen and oxygen atoms in total. The monoisotopic (exact) mass is 259 g/mol. The molecule has 96 valence electrons. The molecule has 1 aromatic rings. The molecule has 17 heavy (non-hydrogen) atoms. The van der Waals surface area contributed by atoms with Gasteiger partial charge in [0.15, 0.2) is 9.84 Å². The Morgan fingerprint density at radius 1 is 1.24 bits per heavy atom. The van der Waals surface area contributed by atoms with Crippen LogP contribution in [0.25, 0.3) is 0 Å². The van der Waals surface area contributed by atoms with Crippen molar-refractivity contribution < 1.29 is 12.8 Å². The molecule has 0 heterocycles. The molecule has 0 aliphatic carbocycles. The Balaban J connectivity index is 2.76. The lowest BCUT2D eigenvalue weighted by atomic mass is 10.4. The fraction of sp³-hybridized carbons (Fsp3) is 0.500. The average Bonchev–Trinajstić information content (AvgIpc) is 2.30. The lowest BCUT2D eigenvalue weighted by Crippen LogP contribution is -2.29. The zero-order chi connectivity index (χ0) is 12.9. The van der Waals surface area contributed by atoms with Gasteiger partial charge in [0.1, 0.15) is 5.82 Å². The van der Waals surface area contributed by atoms with Crippen LogP contribution in [-0.2, 0) is 9.84 Å². The number of rotatable bonds is 6. The second-order valence-electron chi connectivity index (χ2n) is 3.80. The van der Waals surface area contributed by atoms with Crippen LogP contribution in [0, 0.1) is 5.82 Å². The maximum atomic E-state index is 13.0. The van der Waals surface area contributed by atoms with Gasteiger partial charge in [0, 0.05) is 6.54 Å². The number of hydrogen-bond donors (Lipinski definition) is 0. The van der Waals surface area contributed by atoms with Gasteiger partial charge >= 0.3 is 0 Å². The van der Waals surface area contributed by atoms with E-state index in [1.807, 2.05) is 18.7 Å². The molecule has 0 saturated carbocycles. The summed E-state index contributed by atoms with van der Waals surface area (Å²) in [5.41, 5.74) is 0. The van der Waals surface area contributed by atoms with Gasteiger partial charge in [-0.1, -0.05) is 19.9 Å². The van der Waals surface area contributed by atoms with Crippen LogP contribution in [-0.4, -0.2) is 38.7 Å². The van der Waals surface area contributed by atoms with Crippen LogP contribution < -0.4 is 0 Å². The van der Waals surface area contributed by atoms with E-state index in [0.29, 0.717) is 6.54 Å². The van der Waals surface area contributed by atoms with Crippen molar-refractivity contribution in [2.45, 2.75) is 18.7 Å². The molecule has 0 aromatic heterocycles. The summed E-state index contributed by atoms with van der Waals surface area (Å²) in [4.78, 5) is 2.08. The predicted octanol–water partition coefficient (Wildman–Crippen LogP) is 1.94. The number of halogens is 1. The van der Waals surface area contributed by atoms with Crippen LogP contribution >= 0.6 is 0 Å². The second-order valence-corrected chi connectivity index (χ2v) is 5.91. The first-order chi connectivity index (χ1) is 7.99. The standard InChI is InChI=1S/C12H18FNO2S/c1-3-14(4-2)8-9-17(15,16)12-7-5-6-11(13)10-12/h5-7,10H,3-4,8-9H2,1-2H3. The summed E-state index contributed by atoms with van der Waals surface area (Å²) < 4.78 is 36.8. The number of nitrogens with zero attached hydrogens (tertiary/aromatic N) is 1. The third kappa shape index (κ3) is 4.09. The highest BCUT2D eigenvalue weighted by atomic mass is 32.2. The van der Waals surface area contributed by atoms with Crippen LogP contribution in [0.15, 0.2) is 29.2 Å². The number of hydrogen-bond acceptors (Lipinski definition) is 3. The van der Waals surface area contributed by atoms with Crippen LogP contribution in [0.4, 0.5) is 4.39 Å². The molecule has 0 amide bonds. The lowest BCUT2D eigenvalue weighted by molar-refractivity contribution is 0.321. The van der Waals surface area contributed by atoms with Gasteiger partial charge in [-0.15, -0.1) is 0 Å². The van der Waals surface area contributed by atoms with E-state index < -0.39 is 15.7 Å². The van der Waals surface area contributed by atoms with E-state index >= 15 is 0 Å². The van der Waals surface area contributed by atoms with Gasteiger partial charge in [-0.2, -0.15) is 0 Å². The summed E-state index contributed by atoms with van der Waals surface area (Å²) in [5.74, 6) is -0.494. The van der Waals surface area contributed by atoms with Gasteiger partial charge in [-0.05, 0) is 31.3 Å². The Hall–Kier alpha value is -0.940. The smallest absolute Gasteiger partial charge is 0.179 e. The summed E-state index contributed by atoms with van der Waals surface area (Å²) in [6.07, 6.45) is 0. The second kappa shape index (κ2) is 6.12. The summed E-state index contributed by atoms with van der Waals surface area (Å²) in [7, 11) is -3.38. The SMILES string of the molecule is CCN(CC)CCS(=O)(=O)c1cccc(F)c1. The van der Waals surface area contributed by atoms with Gasteiger partial charge < -0.3 is 4.90 Å². The van der Waals surface area contributed by atoms with Gasteiger partial charge in [-0.25, -0.2) is 12.8 Å². The Kier molecular flexibility index (Phi) is 5.08. The maximum absolute atomic E-state index is 13.0. The Morgan fingerprint density at radius 2 is 1.88 bits per heavy atom. The Bertz CT molecular complexity index is 455. The van der Waals surface area contributed by atoms with E-state index in [4.69, 9.17) is 0 Å². The minimum atomic E-state index is -3.38. The highest BCUT2D eigenvalue weighted by Gasteiger charge is 2.15. The van der Waals surface area contributed by atoms with Gasteiger partial charge in [0.25, 0.3) is 0 Å². The van der Waals surface area contributed by atoms with Crippen LogP contribution in [0.5, 0.6) is 0 Å². The summed E-state index contributed by atoms with van der Waals surface area (Å²) in [5, 5.41) is 0. The van der Waals surface area contributed by atoms with E-state index in [9.17, 15) is 12.8 Å². The zero-order valence-electron chi connectivity index (χ0n) is 10.2. The molecule has 0 radical (unpaired) electrons. The molecule has 0 atom stereocenters. The van der Waals surface area contributed by atoms with Crippen molar-refractivity contribution in [2.75, 3.05) is 25.4 Å². The summed E-state index contributed by atoms with van der Waals surface area (Å²) in [6.45, 7) is 6.08. The summed E-state index contributed by atoms with van der Waals surface area (Å²) in [6, 6.07) is 5.15. The fourth-order valence-corrected chi connectivity index (χ4v) is 2.88. The third-order valence-electron chi connectivity index (χ3n) is 2.73. The molecule has 5 heteroatoms. The van der Waals surface area contributed by atoms with Gasteiger partial charge in [-0.3, -0.25) is 0 Å². The molecule has 0 saturated heterocycles. The van der Waals surface area contributed by atoms with E-state index in [-0.39, 0.29) is 10.6 Å². The zero-order valence-corrected chi connectivity index (χ0v) is 11.0. The van der Waals surface area contributed by atoms with E-state index in [1.54, 1.807) is 0 Å². The largest absolute Gasteiger partial charge is 0.303 e. The molecule has 0 spiro atoms. The molecule has 1 rings (SSSR count). The van der Waals surface area contributed by atoms with E-state index in [1.165, 1.54) is 18.2 Å². The van der Waals surface area contributed by atoms with Crippen molar-refractivity contribution >= 4 is 9.84 Å². The normalized spacial score (nSPS) is 12.0. The van der Waals surface area contributed by atoms with Crippen molar-refractivity contribution in [3.8, 4) is 0 Å². The topological polar surface area (TPSA) is 37.4 Å². The number of benzene rings is 1. The molecule has 1 aromatic carbocycles. The summed E-state index contributed by atoms with van der Waals surface area (Å²) >= 11 is 0. The quantitative estimate of drug-likeness (QED) is 0.783. The molecule has 0 aliphatic rings. The predicted molar refractivity (Wildman–Crippen MR) is 66.2 cm³/mol. The number of sulfone groups is 1. The molecule has 0 N–H and O–H groups in total. The van der Waals surface area contributed by atoms with Crippen LogP contribution in [0.1, 0.15) is 13.8 Å². The van der Waals surface area contributed by atoms with Gasteiger partial charge in [0.2, 0.25) is 0 Å². The van der Waals surface area contributed by atoms with Crippen LogP contribution in [0.2, 0.25) is 0 Å². The molecule has 0 fully saturated rings. The maximum Gasteiger partial charge on any atom is 0.179 e.